The van der Waals surface area contributed by atoms with Crippen LogP contribution >= 0.6 is 0 Å². The SMILES string of the molecule is Cc1nn(C)cc1NC(=O)C1(C)CCCC1N. The Morgan fingerprint density at radius 2 is 2.41 bits per heavy atom. The van der Waals surface area contributed by atoms with E-state index in [0.29, 0.717) is 0 Å². The summed E-state index contributed by atoms with van der Waals surface area (Å²) in [5, 5.41) is 7.14. The van der Waals surface area contributed by atoms with Gasteiger partial charge in [0.1, 0.15) is 0 Å². The number of nitrogens with one attached hydrogen (secondary N) is 1. The summed E-state index contributed by atoms with van der Waals surface area (Å²) in [6.07, 6.45) is 4.63. The monoisotopic (exact) mass is 236 g/mol. The van der Waals surface area contributed by atoms with Gasteiger partial charge in [0.25, 0.3) is 0 Å². The van der Waals surface area contributed by atoms with Gasteiger partial charge in [-0.3, -0.25) is 9.48 Å². The molecule has 0 aromatic carbocycles. The quantitative estimate of drug-likeness (QED) is 0.810. The summed E-state index contributed by atoms with van der Waals surface area (Å²) in [5.74, 6) is 0.0126. The number of carbonyl (C=O) groups is 1. The Morgan fingerprint density at radius 3 is 2.88 bits per heavy atom. The van der Waals surface area contributed by atoms with Gasteiger partial charge in [0.05, 0.1) is 16.8 Å². The molecule has 1 amide bonds. The van der Waals surface area contributed by atoms with Crippen LogP contribution in [0.4, 0.5) is 5.69 Å². The minimum absolute atomic E-state index is 0.0126. The van der Waals surface area contributed by atoms with E-state index in [-0.39, 0.29) is 11.9 Å². The Kier molecular flexibility index (Phi) is 2.95. The number of carbonyl (C=O) groups excluding carboxylic acids is 1. The fourth-order valence-corrected chi connectivity index (χ4v) is 2.46. The van der Waals surface area contributed by atoms with E-state index >= 15 is 0 Å². The van der Waals surface area contributed by atoms with E-state index in [1.54, 1.807) is 4.68 Å². The molecule has 0 saturated heterocycles. The average molecular weight is 236 g/mol. The minimum Gasteiger partial charge on any atom is -0.327 e. The van der Waals surface area contributed by atoms with Gasteiger partial charge in [-0.05, 0) is 26.7 Å². The zero-order valence-electron chi connectivity index (χ0n) is 10.7. The molecule has 5 nitrogen and oxygen atoms in total. The summed E-state index contributed by atoms with van der Waals surface area (Å²) in [4.78, 5) is 12.3. The van der Waals surface area contributed by atoms with Crippen LogP contribution in [-0.2, 0) is 11.8 Å². The number of nitrogens with two attached hydrogens (primary N) is 1. The minimum atomic E-state index is -0.442. The maximum atomic E-state index is 12.3. The second-order valence-electron chi connectivity index (χ2n) is 5.17. The van der Waals surface area contributed by atoms with Crippen LogP contribution in [-0.4, -0.2) is 21.7 Å². The molecule has 2 atom stereocenters. The van der Waals surface area contributed by atoms with Gasteiger partial charge < -0.3 is 11.1 Å². The van der Waals surface area contributed by atoms with Gasteiger partial charge in [-0.25, -0.2) is 0 Å². The largest absolute Gasteiger partial charge is 0.327 e. The smallest absolute Gasteiger partial charge is 0.231 e. The summed E-state index contributed by atoms with van der Waals surface area (Å²) >= 11 is 0. The van der Waals surface area contributed by atoms with Crippen LogP contribution in [0.5, 0.6) is 0 Å². The van der Waals surface area contributed by atoms with E-state index in [2.05, 4.69) is 10.4 Å². The lowest BCUT2D eigenvalue weighted by atomic mass is 9.84. The highest BCUT2D eigenvalue weighted by Gasteiger charge is 2.43. The van der Waals surface area contributed by atoms with Crippen molar-refractivity contribution in [3.63, 3.8) is 0 Å². The first-order valence-electron chi connectivity index (χ1n) is 6.01. The van der Waals surface area contributed by atoms with Gasteiger partial charge >= 0.3 is 0 Å². The highest BCUT2D eigenvalue weighted by molar-refractivity contribution is 5.96. The molecular weight excluding hydrogens is 216 g/mol. The number of aromatic nitrogens is 2. The number of aryl methyl sites for hydroxylation is 2. The second kappa shape index (κ2) is 4.14. The topological polar surface area (TPSA) is 72.9 Å². The van der Waals surface area contributed by atoms with Gasteiger partial charge in [-0.2, -0.15) is 5.10 Å². The van der Waals surface area contributed by atoms with Gasteiger partial charge in [-0.1, -0.05) is 6.42 Å². The lowest BCUT2D eigenvalue weighted by molar-refractivity contribution is -0.125. The molecule has 3 N–H and O–H groups in total. The van der Waals surface area contributed by atoms with E-state index < -0.39 is 5.41 Å². The maximum Gasteiger partial charge on any atom is 0.231 e. The number of hydrogen-bond acceptors (Lipinski definition) is 3. The maximum absolute atomic E-state index is 12.3. The van der Waals surface area contributed by atoms with Gasteiger partial charge in [-0.15, -0.1) is 0 Å². The van der Waals surface area contributed by atoms with Crippen LogP contribution in [0, 0.1) is 12.3 Å². The molecule has 2 unspecified atom stereocenters. The van der Waals surface area contributed by atoms with Crippen molar-refractivity contribution in [3.05, 3.63) is 11.9 Å². The van der Waals surface area contributed by atoms with Crippen LogP contribution in [0.2, 0.25) is 0 Å². The number of amides is 1. The van der Waals surface area contributed by atoms with Crippen molar-refractivity contribution < 1.29 is 4.79 Å². The Bertz CT molecular complexity index is 440. The zero-order chi connectivity index (χ0) is 12.6. The van der Waals surface area contributed by atoms with Crippen molar-refractivity contribution in [1.29, 1.82) is 0 Å². The van der Waals surface area contributed by atoms with Crippen LogP contribution < -0.4 is 11.1 Å². The van der Waals surface area contributed by atoms with Crippen molar-refractivity contribution in [2.75, 3.05) is 5.32 Å². The molecule has 1 heterocycles. The highest BCUT2D eigenvalue weighted by atomic mass is 16.2. The predicted molar refractivity (Wildman–Crippen MR) is 66.5 cm³/mol. The average Bonchev–Trinajstić information content (AvgIpc) is 2.73. The Morgan fingerprint density at radius 1 is 1.71 bits per heavy atom. The van der Waals surface area contributed by atoms with Crippen LogP contribution in [0.3, 0.4) is 0 Å². The van der Waals surface area contributed by atoms with Crippen molar-refractivity contribution in [1.82, 2.24) is 9.78 Å². The second-order valence-corrected chi connectivity index (χ2v) is 5.17. The molecule has 5 heteroatoms. The predicted octanol–water partition coefficient (Wildman–Crippen LogP) is 1.18. The molecule has 1 aliphatic carbocycles. The van der Waals surface area contributed by atoms with Crippen molar-refractivity contribution in [2.45, 2.75) is 39.2 Å². The summed E-state index contributed by atoms with van der Waals surface area (Å²) in [6, 6.07) is -0.0422. The molecule has 1 aliphatic rings. The Hall–Kier alpha value is -1.36. The molecule has 17 heavy (non-hydrogen) atoms. The standard InChI is InChI=1S/C12H20N4O/c1-8-9(7-16(3)15-8)14-11(17)12(2)6-4-5-10(12)13/h7,10H,4-6,13H2,1-3H3,(H,14,17). The molecule has 1 aromatic rings. The molecule has 1 aromatic heterocycles. The number of anilines is 1. The van der Waals surface area contributed by atoms with Crippen molar-refractivity contribution >= 4 is 11.6 Å². The fourth-order valence-electron chi connectivity index (χ4n) is 2.46. The number of nitrogens with zero attached hydrogens (tertiary/aromatic N) is 2. The molecule has 0 spiro atoms. The van der Waals surface area contributed by atoms with E-state index in [4.69, 9.17) is 5.73 Å². The van der Waals surface area contributed by atoms with Crippen molar-refractivity contribution in [2.24, 2.45) is 18.2 Å². The highest BCUT2D eigenvalue weighted by Crippen LogP contribution is 2.37. The van der Waals surface area contributed by atoms with Gasteiger partial charge in [0.15, 0.2) is 0 Å². The summed E-state index contributed by atoms with van der Waals surface area (Å²) in [5.41, 5.74) is 7.19. The zero-order valence-corrected chi connectivity index (χ0v) is 10.7. The summed E-state index contributed by atoms with van der Waals surface area (Å²) < 4.78 is 1.70. The normalized spacial score (nSPS) is 28.4. The molecule has 0 bridgehead atoms. The number of hydrogen-bond donors (Lipinski definition) is 2. The lowest BCUT2D eigenvalue weighted by Gasteiger charge is -2.27. The Balaban J connectivity index is 2.14. The summed E-state index contributed by atoms with van der Waals surface area (Å²) in [7, 11) is 1.84. The molecule has 0 aliphatic heterocycles. The third-order valence-corrected chi connectivity index (χ3v) is 3.81. The molecule has 0 radical (unpaired) electrons. The first-order valence-corrected chi connectivity index (χ1v) is 6.01. The van der Waals surface area contributed by atoms with E-state index in [1.807, 2.05) is 27.1 Å². The third kappa shape index (κ3) is 2.07. The number of rotatable bonds is 2. The summed E-state index contributed by atoms with van der Waals surface area (Å²) in [6.45, 7) is 3.83. The molecular formula is C12H20N4O. The molecule has 94 valence electrons. The fraction of sp³-hybridized carbons (Fsp3) is 0.667. The molecule has 2 rings (SSSR count). The van der Waals surface area contributed by atoms with Crippen LogP contribution in [0.15, 0.2) is 6.20 Å². The molecule has 1 saturated carbocycles. The van der Waals surface area contributed by atoms with Crippen molar-refractivity contribution in [3.8, 4) is 0 Å². The van der Waals surface area contributed by atoms with Crippen LogP contribution in [0.1, 0.15) is 31.9 Å². The first-order chi connectivity index (χ1) is 7.93. The van der Waals surface area contributed by atoms with E-state index in [9.17, 15) is 4.79 Å². The van der Waals surface area contributed by atoms with Gasteiger partial charge in [0, 0.05) is 19.3 Å². The van der Waals surface area contributed by atoms with E-state index in [1.165, 1.54) is 0 Å². The first kappa shape index (κ1) is 12.1. The lowest BCUT2D eigenvalue weighted by Crippen LogP contribution is -2.44. The Labute approximate surface area is 101 Å². The third-order valence-electron chi connectivity index (χ3n) is 3.81. The van der Waals surface area contributed by atoms with Gasteiger partial charge in [0.2, 0.25) is 5.91 Å². The van der Waals surface area contributed by atoms with E-state index in [0.717, 1.165) is 30.6 Å². The van der Waals surface area contributed by atoms with Crippen LogP contribution in [0.25, 0.3) is 0 Å². The molecule has 1 fully saturated rings.